The maximum atomic E-state index is 3.42. The van der Waals surface area contributed by atoms with Crippen molar-refractivity contribution in [3.8, 4) is 0 Å². The summed E-state index contributed by atoms with van der Waals surface area (Å²) >= 11 is 0. The molecule has 17 heavy (non-hydrogen) atoms. The van der Waals surface area contributed by atoms with Crippen molar-refractivity contribution in [2.75, 3.05) is 11.6 Å². The average molecular weight is 222 g/mol. The summed E-state index contributed by atoms with van der Waals surface area (Å²) in [5.41, 5.74) is 7.01. The molecular weight excluding hydrogens is 208 g/mol. The van der Waals surface area contributed by atoms with Gasteiger partial charge in [-0.05, 0) is 23.8 Å². The van der Waals surface area contributed by atoms with Crippen LogP contribution in [0.15, 0.2) is 66.7 Å². The molecule has 84 valence electrons. The molecule has 0 unspecified atom stereocenters. The zero-order chi connectivity index (χ0) is 11.5. The highest BCUT2D eigenvalue weighted by molar-refractivity contribution is 5.69. The number of benzene rings is 2. The molecule has 1 aliphatic rings. The van der Waals surface area contributed by atoms with E-state index in [1.165, 1.54) is 16.9 Å². The molecule has 0 saturated carbocycles. The Morgan fingerprint density at radius 1 is 0.824 bits per heavy atom. The summed E-state index contributed by atoms with van der Waals surface area (Å²) in [5.74, 6) is 0. The molecular formula is C15H14N2. The fourth-order valence-electron chi connectivity index (χ4n) is 2.00. The van der Waals surface area contributed by atoms with Crippen LogP contribution in [0, 0.1) is 0 Å². The van der Waals surface area contributed by atoms with E-state index in [1.54, 1.807) is 0 Å². The lowest BCUT2D eigenvalue weighted by molar-refractivity contribution is 0.852. The number of rotatable bonds is 2. The standard InChI is InChI=1S/C15H14N2/c1-3-7-13(8-4-1)15-11-12-17(16-15)14-9-5-2-6-10-14/h1-11,16H,12H2. The van der Waals surface area contributed by atoms with Gasteiger partial charge in [0.05, 0.1) is 17.9 Å². The number of hydrogen-bond donors (Lipinski definition) is 1. The summed E-state index contributed by atoms with van der Waals surface area (Å²) in [6.07, 6.45) is 2.21. The van der Waals surface area contributed by atoms with Gasteiger partial charge in [-0.15, -0.1) is 0 Å². The molecule has 0 atom stereocenters. The van der Waals surface area contributed by atoms with Crippen LogP contribution in [0.2, 0.25) is 0 Å². The minimum absolute atomic E-state index is 0.897. The first kappa shape index (κ1) is 9.97. The van der Waals surface area contributed by atoms with Gasteiger partial charge in [0.2, 0.25) is 0 Å². The van der Waals surface area contributed by atoms with E-state index in [0.29, 0.717) is 0 Å². The summed E-state index contributed by atoms with van der Waals surface area (Å²) in [5, 5.41) is 2.14. The minimum Gasteiger partial charge on any atom is -0.298 e. The highest BCUT2D eigenvalue weighted by Gasteiger charge is 2.14. The van der Waals surface area contributed by atoms with Crippen LogP contribution >= 0.6 is 0 Å². The van der Waals surface area contributed by atoms with Crippen LogP contribution in [-0.4, -0.2) is 6.54 Å². The third kappa shape index (κ3) is 2.02. The molecule has 0 bridgehead atoms. The van der Waals surface area contributed by atoms with Crippen LogP contribution in [0.1, 0.15) is 5.56 Å². The summed E-state index contributed by atoms with van der Waals surface area (Å²) < 4.78 is 0. The molecule has 1 aliphatic heterocycles. The van der Waals surface area contributed by atoms with Gasteiger partial charge in [-0.2, -0.15) is 0 Å². The molecule has 1 heterocycles. The second-order valence-corrected chi connectivity index (χ2v) is 4.04. The third-order valence-corrected chi connectivity index (χ3v) is 2.89. The van der Waals surface area contributed by atoms with Crippen LogP contribution in [0.4, 0.5) is 5.69 Å². The van der Waals surface area contributed by atoms with Crippen LogP contribution in [0.5, 0.6) is 0 Å². The van der Waals surface area contributed by atoms with Crippen molar-refractivity contribution in [2.45, 2.75) is 0 Å². The minimum atomic E-state index is 0.897. The van der Waals surface area contributed by atoms with Gasteiger partial charge in [-0.25, -0.2) is 0 Å². The predicted molar refractivity (Wildman–Crippen MR) is 71.3 cm³/mol. The Morgan fingerprint density at radius 2 is 1.47 bits per heavy atom. The molecule has 3 rings (SSSR count). The second-order valence-electron chi connectivity index (χ2n) is 4.04. The van der Waals surface area contributed by atoms with Gasteiger partial charge in [0.1, 0.15) is 0 Å². The molecule has 2 aromatic carbocycles. The van der Waals surface area contributed by atoms with E-state index in [9.17, 15) is 0 Å². The first-order valence-electron chi connectivity index (χ1n) is 5.78. The van der Waals surface area contributed by atoms with Gasteiger partial charge in [-0.3, -0.25) is 10.4 Å². The van der Waals surface area contributed by atoms with Crippen molar-refractivity contribution in [1.82, 2.24) is 5.43 Å². The maximum Gasteiger partial charge on any atom is 0.0598 e. The van der Waals surface area contributed by atoms with Gasteiger partial charge < -0.3 is 0 Å². The van der Waals surface area contributed by atoms with E-state index >= 15 is 0 Å². The van der Waals surface area contributed by atoms with Crippen LogP contribution in [0.3, 0.4) is 0 Å². The van der Waals surface area contributed by atoms with Crippen molar-refractivity contribution in [1.29, 1.82) is 0 Å². The van der Waals surface area contributed by atoms with Gasteiger partial charge in [0.15, 0.2) is 0 Å². The molecule has 0 aromatic heterocycles. The van der Waals surface area contributed by atoms with E-state index in [0.717, 1.165) is 6.54 Å². The van der Waals surface area contributed by atoms with Crippen LogP contribution in [0.25, 0.3) is 5.70 Å². The Balaban J connectivity index is 1.78. The Hall–Kier alpha value is -2.22. The zero-order valence-corrected chi connectivity index (χ0v) is 9.51. The van der Waals surface area contributed by atoms with Gasteiger partial charge in [0.25, 0.3) is 0 Å². The molecule has 0 spiro atoms. The fourth-order valence-corrected chi connectivity index (χ4v) is 2.00. The second kappa shape index (κ2) is 4.34. The molecule has 2 nitrogen and oxygen atoms in total. The number of nitrogens with zero attached hydrogens (tertiary/aromatic N) is 1. The number of hydrogen-bond acceptors (Lipinski definition) is 2. The number of anilines is 1. The monoisotopic (exact) mass is 222 g/mol. The van der Waals surface area contributed by atoms with Crippen molar-refractivity contribution in [2.24, 2.45) is 0 Å². The Bertz CT molecular complexity index is 517. The lowest BCUT2D eigenvalue weighted by Gasteiger charge is -2.20. The lowest BCUT2D eigenvalue weighted by atomic mass is 10.2. The van der Waals surface area contributed by atoms with E-state index in [4.69, 9.17) is 0 Å². The number of para-hydroxylation sites is 1. The Morgan fingerprint density at radius 3 is 2.18 bits per heavy atom. The quantitative estimate of drug-likeness (QED) is 0.840. The maximum absolute atomic E-state index is 3.42. The van der Waals surface area contributed by atoms with Gasteiger partial charge in [0, 0.05) is 0 Å². The first-order valence-corrected chi connectivity index (χ1v) is 5.78. The smallest absolute Gasteiger partial charge is 0.0598 e. The molecule has 1 N–H and O–H groups in total. The zero-order valence-electron chi connectivity index (χ0n) is 9.51. The van der Waals surface area contributed by atoms with E-state index in [-0.39, 0.29) is 0 Å². The van der Waals surface area contributed by atoms with E-state index < -0.39 is 0 Å². The topological polar surface area (TPSA) is 15.3 Å². The van der Waals surface area contributed by atoms with Crippen molar-refractivity contribution >= 4 is 11.4 Å². The van der Waals surface area contributed by atoms with Crippen molar-refractivity contribution in [3.05, 3.63) is 72.3 Å². The van der Waals surface area contributed by atoms with Crippen molar-refractivity contribution < 1.29 is 0 Å². The molecule has 2 aromatic rings. The SMILES string of the molecule is C1=C(c2ccccc2)NN(c2ccccc2)C1. The van der Waals surface area contributed by atoms with Crippen LogP contribution < -0.4 is 10.4 Å². The van der Waals surface area contributed by atoms with Crippen molar-refractivity contribution in [3.63, 3.8) is 0 Å². The molecule has 0 amide bonds. The molecule has 0 saturated heterocycles. The number of hydrazine groups is 1. The summed E-state index contributed by atoms with van der Waals surface area (Å²) in [7, 11) is 0. The average Bonchev–Trinajstić information content (AvgIpc) is 2.90. The van der Waals surface area contributed by atoms with Gasteiger partial charge in [-0.1, -0.05) is 48.5 Å². The fraction of sp³-hybridized carbons (Fsp3) is 0.0667. The van der Waals surface area contributed by atoms with Gasteiger partial charge >= 0.3 is 0 Å². The highest BCUT2D eigenvalue weighted by atomic mass is 15.5. The predicted octanol–water partition coefficient (Wildman–Crippen LogP) is 3.05. The van der Waals surface area contributed by atoms with E-state index in [1.807, 2.05) is 12.1 Å². The summed E-state index contributed by atoms with van der Waals surface area (Å²) in [6.45, 7) is 0.897. The highest BCUT2D eigenvalue weighted by Crippen LogP contribution is 2.20. The lowest BCUT2D eigenvalue weighted by Crippen LogP contribution is -2.31. The molecule has 2 heteroatoms. The molecule has 0 radical (unpaired) electrons. The third-order valence-electron chi connectivity index (χ3n) is 2.89. The first-order chi connectivity index (χ1) is 8.43. The molecule has 0 aliphatic carbocycles. The largest absolute Gasteiger partial charge is 0.298 e. The Labute approximate surface area is 101 Å². The van der Waals surface area contributed by atoms with E-state index in [2.05, 4.69) is 65.0 Å². The molecule has 0 fully saturated rings. The normalized spacial score (nSPS) is 14.4. The summed E-state index contributed by atoms with van der Waals surface area (Å²) in [4.78, 5) is 0. The van der Waals surface area contributed by atoms with Crippen LogP contribution in [-0.2, 0) is 0 Å². The summed E-state index contributed by atoms with van der Waals surface area (Å²) in [6, 6.07) is 20.7. The Kier molecular flexibility index (Phi) is 2.54. The number of nitrogens with one attached hydrogen (secondary N) is 1.